The van der Waals surface area contributed by atoms with Gasteiger partial charge < -0.3 is 4.74 Å². The van der Waals surface area contributed by atoms with Gasteiger partial charge in [0.25, 0.3) is 0 Å². The van der Waals surface area contributed by atoms with Gasteiger partial charge in [0.2, 0.25) is 0 Å². The van der Waals surface area contributed by atoms with Gasteiger partial charge in [-0.25, -0.2) is 0 Å². The second kappa shape index (κ2) is 4.89. The molecule has 0 N–H and O–H groups in total. The second-order valence-corrected chi connectivity index (χ2v) is 5.17. The molecule has 0 aliphatic rings. The maximum absolute atomic E-state index is 5.68. The highest BCUT2D eigenvalue weighted by Crippen LogP contribution is 2.24. The lowest BCUT2D eigenvalue weighted by molar-refractivity contribution is 0.245. The molecule has 0 spiro atoms. The highest BCUT2D eigenvalue weighted by Gasteiger charge is 2.13. The first kappa shape index (κ1) is 12.4. The molecule has 0 heterocycles. The average Bonchev–Trinajstić information content (AvgIpc) is 2.17. The van der Waals surface area contributed by atoms with E-state index < -0.39 is 0 Å². The molecule has 0 amide bonds. The van der Waals surface area contributed by atoms with Crippen LogP contribution in [0.3, 0.4) is 0 Å². The lowest BCUT2D eigenvalue weighted by Crippen LogP contribution is -2.14. The van der Waals surface area contributed by atoms with Gasteiger partial charge in [-0.3, -0.25) is 0 Å². The molecule has 15 heavy (non-hydrogen) atoms. The number of ether oxygens (including phenoxy) is 1. The molecule has 1 rings (SSSR count). The monoisotopic (exact) mass is 226 g/mol. The zero-order chi connectivity index (χ0) is 11.5. The molecule has 1 aromatic rings. The Bertz CT molecular complexity index is 297. The predicted octanol–water partition coefficient (Wildman–Crippen LogP) is 3.99. The fourth-order valence-corrected chi connectivity index (χ4v) is 1.36. The third-order valence-electron chi connectivity index (χ3n) is 2.27. The summed E-state index contributed by atoms with van der Waals surface area (Å²) in [6.45, 7) is 8.56. The van der Waals surface area contributed by atoms with Crippen molar-refractivity contribution in [2.45, 2.75) is 39.2 Å². The Morgan fingerprint density at radius 2 is 1.73 bits per heavy atom. The van der Waals surface area contributed by atoms with E-state index in [2.05, 4.69) is 32.9 Å². The lowest BCUT2D eigenvalue weighted by Gasteiger charge is -2.19. The molecule has 0 saturated heterocycles. The first-order valence-corrected chi connectivity index (χ1v) is 5.80. The zero-order valence-electron chi connectivity index (χ0n) is 9.88. The van der Waals surface area contributed by atoms with Crippen LogP contribution in [0.15, 0.2) is 24.3 Å². The van der Waals surface area contributed by atoms with Crippen molar-refractivity contribution >= 4 is 11.6 Å². The van der Waals surface area contributed by atoms with Crippen molar-refractivity contribution in [3.05, 3.63) is 29.8 Å². The van der Waals surface area contributed by atoms with Crippen molar-refractivity contribution < 1.29 is 4.74 Å². The fraction of sp³-hybridized carbons (Fsp3) is 0.538. The Morgan fingerprint density at radius 1 is 1.20 bits per heavy atom. The van der Waals surface area contributed by atoms with Gasteiger partial charge in [0, 0.05) is 0 Å². The molecule has 0 bridgehead atoms. The van der Waals surface area contributed by atoms with Crippen LogP contribution in [-0.4, -0.2) is 12.0 Å². The van der Waals surface area contributed by atoms with Crippen LogP contribution in [0, 0.1) is 0 Å². The van der Waals surface area contributed by atoms with E-state index >= 15 is 0 Å². The third-order valence-corrected chi connectivity index (χ3v) is 2.71. The molecule has 0 fully saturated rings. The number of rotatable bonds is 3. The standard InChI is InChI=1S/C13H19ClO/c1-10(9-14)15-12-7-5-11(6-8-12)13(2,3)4/h5-8,10H,9H2,1-4H3. The van der Waals surface area contributed by atoms with Gasteiger partial charge in [0.15, 0.2) is 0 Å². The summed E-state index contributed by atoms with van der Waals surface area (Å²) in [5.74, 6) is 1.40. The smallest absolute Gasteiger partial charge is 0.119 e. The highest BCUT2D eigenvalue weighted by atomic mass is 35.5. The number of alkyl halides is 1. The van der Waals surface area contributed by atoms with Crippen LogP contribution < -0.4 is 4.74 Å². The van der Waals surface area contributed by atoms with E-state index in [4.69, 9.17) is 16.3 Å². The summed E-state index contributed by atoms with van der Waals surface area (Å²) in [6.07, 6.45) is 0.0622. The third kappa shape index (κ3) is 3.75. The number of halogens is 1. The average molecular weight is 227 g/mol. The van der Waals surface area contributed by atoms with Gasteiger partial charge in [0.05, 0.1) is 5.88 Å². The summed E-state index contributed by atoms with van der Waals surface area (Å²) < 4.78 is 5.60. The molecule has 1 aromatic carbocycles. The summed E-state index contributed by atoms with van der Waals surface area (Å²) >= 11 is 5.68. The van der Waals surface area contributed by atoms with E-state index in [1.54, 1.807) is 0 Å². The Kier molecular flexibility index (Phi) is 4.04. The van der Waals surface area contributed by atoms with Gasteiger partial charge >= 0.3 is 0 Å². The van der Waals surface area contributed by atoms with Crippen LogP contribution in [0.4, 0.5) is 0 Å². The van der Waals surface area contributed by atoms with Crippen LogP contribution in [0.5, 0.6) is 5.75 Å². The van der Waals surface area contributed by atoms with Crippen LogP contribution in [0.1, 0.15) is 33.3 Å². The van der Waals surface area contributed by atoms with Gasteiger partial charge in [-0.05, 0) is 30.0 Å². The van der Waals surface area contributed by atoms with Crippen molar-refractivity contribution in [1.29, 1.82) is 0 Å². The second-order valence-electron chi connectivity index (χ2n) is 4.86. The van der Waals surface area contributed by atoms with E-state index in [0.717, 1.165) is 5.75 Å². The summed E-state index contributed by atoms with van der Waals surface area (Å²) in [6, 6.07) is 8.22. The molecule has 1 atom stereocenters. The molecular weight excluding hydrogens is 208 g/mol. The van der Waals surface area contributed by atoms with Crippen molar-refractivity contribution in [2.24, 2.45) is 0 Å². The summed E-state index contributed by atoms with van der Waals surface area (Å²) in [7, 11) is 0. The zero-order valence-corrected chi connectivity index (χ0v) is 10.6. The molecule has 0 aliphatic carbocycles. The van der Waals surface area contributed by atoms with Gasteiger partial charge in [-0.2, -0.15) is 0 Å². The first-order valence-electron chi connectivity index (χ1n) is 5.26. The Balaban J connectivity index is 2.73. The molecule has 0 saturated carbocycles. The highest BCUT2D eigenvalue weighted by molar-refractivity contribution is 6.18. The number of hydrogen-bond donors (Lipinski definition) is 0. The van der Waals surface area contributed by atoms with Crippen LogP contribution in [0.25, 0.3) is 0 Å². The van der Waals surface area contributed by atoms with Gasteiger partial charge in [-0.15, -0.1) is 11.6 Å². The van der Waals surface area contributed by atoms with E-state index in [0.29, 0.717) is 5.88 Å². The molecule has 2 heteroatoms. The topological polar surface area (TPSA) is 9.23 Å². The van der Waals surface area contributed by atoms with E-state index in [9.17, 15) is 0 Å². The Labute approximate surface area is 97.4 Å². The van der Waals surface area contributed by atoms with Gasteiger partial charge in [-0.1, -0.05) is 32.9 Å². The Hall–Kier alpha value is -0.690. The number of hydrogen-bond acceptors (Lipinski definition) is 1. The molecule has 0 radical (unpaired) electrons. The van der Waals surface area contributed by atoms with Crippen LogP contribution >= 0.6 is 11.6 Å². The minimum Gasteiger partial charge on any atom is -0.489 e. The van der Waals surface area contributed by atoms with Crippen LogP contribution in [-0.2, 0) is 5.41 Å². The lowest BCUT2D eigenvalue weighted by atomic mass is 9.87. The molecule has 0 aliphatic heterocycles. The quantitative estimate of drug-likeness (QED) is 0.709. The van der Waals surface area contributed by atoms with E-state index in [1.807, 2.05) is 19.1 Å². The van der Waals surface area contributed by atoms with E-state index in [1.165, 1.54) is 5.56 Å². The van der Waals surface area contributed by atoms with Crippen molar-refractivity contribution in [3.8, 4) is 5.75 Å². The van der Waals surface area contributed by atoms with E-state index in [-0.39, 0.29) is 11.5 Å². The maximum Gasteiger partial charge on any atom is 0.119 e. The maximum atomic E-state index is 5.68. The Morgan fingerprint density at radius 3 is 2.13 bits per heavy atom. The van der Waals surface area contributed by atoms with Crippen molar-refractivity contribution in [2.75, 3.05) is 5.88 Å². The van der Waals surface area contributed by atoms with Crippen LogP contribution in [0.2, 0.25) is 0 Å². The first-order chi connectivity index (χ1) is 6.93. The molecule has 0 aromatic heterocycles. The summed E-state index contributed by atoms with van der Waals surface area (Å²) in [4.78, 5) is 0. The molecule has 1 nitrogen and oxygen atoms in total. The largest absolute Gasteiger partial charge is 0.489 e. The molecule has 84 valence electrons. The fourth-order valence-electron chi connectivity index (χ4n) is 1.30. The van der Waals surface area contributed by atoms with Crippen molar-refractivity contribution in [1.82, 2.24) is 0 Å². The molecule has 1 unspecified atom stereocenters. The number of benzene rings is 1. The summed E-state index contributed by atoms with van der Waals surface area (Å²) in [5.41, 5.74) is 1.50. The minimum atomic E-state index is 0.0622. The van der Waals surface area contributed by atoms with Gasteiger partial charge in [0.1, 0.15) is 11.9 Å². The normalized spacial score (nSPS) is 13.7. The predicted molar refractivity (Wildman–Crippen MR) is 66.0 cm³/mol. The SMILES string of the molecule is CC(CCl)Oc1ccc(C(C)(C)C)cc1. The summed E-state index contributed by atoms with van der Waals surface area (Å²) in [5, 5.41) is 0. The van der Waals surface area contributed by atoms with Crippen molar-refractivity contribution in [3.63, 3.8) is 0 Å². The minimum absolute atomic E-state index is 0.0622. The molecular formula is C13H19ClO.